The predicted molar refractivity (Wildman–Crippen MR) is 200 cm³/mol. The van der Waals surface area contributed by atoms with Gasteiger partial charge in [0.1, 0.15) is 0 Å². The van der Waals surface area contributed by atoms with Crippen LogP contribution in [0.5, 0.6) is 11.5 Å². The lowest BCUT2D eigenvalue weighted by Crippen LogP contribution is -2.32. The van der Waals surface area contributed by atoms with Crippen molar-refractivity contribution in [1.82, 2.24) is 0 Å². The molecule has 0 aliphatic heterocycles. The average molecular weight is 696 g/mol. The van der Waals surface area contributed by atoms with E-state index in [-0.39, 0.29) is 17.4 Å². The van der Waals surface area contributed by atoms with Crippen molar-refractivity contribution in [3.05, 3.63) is 72.3 Å². The maximum atomic E-state index is 12.2. The Bertz CT molecular complexity index is 1260. The van der Waals surface area contributed by atoms with E-state index < -0.39 is 0 Å². The van der Waals surface area contributed by atoms with E-state index in [1.165, 1.54) is 17.7 Å². The molecule has 0 radical (unpaired) electrons. The van der Waals surface area contributed by atoms with E-state index in [9.17, 15) is 9.59 Å². The summed E-state index contributed by atoms with van der Waals surface area (Å²) in [6.07, 6.45) is 16.0. The second-order valence-electron chi connectivity index (χ2n) is 13.0. The van der Waals surface area contributed by atoms with Crippen LogP contribution in [-0.2, 0) is 35.0 Å². The number of unbranched alkanes of at least 4 members (excludes halogenated alkanes) is 8. The van der Waals surface area contributed by atoms with Crippen molar-refractivity contribution in [2.75, 3.05) is 59.1 Å². The molecule has 2 aromatic carbocycles. The topological polar surface area (TPSA) is 116 Å². The van der Waals surface area contributed by atoms with Gasteiger partial charge in [-0.15, -0.1) is 0 Å². The van der Waals surface area contributed by atoms with Crippen LogP contribution in [0.3, 0.4) is 0 Å². The summed E-state index contributed by atoms with van der Waals surface area (Å²) >= 11 is 0. The highest BCUT2D eigenvalue weighted by Crippen LogP contribution is 2.29. The largest absolute Gasteiger partial charge is 0.493 e. The van der Waals surface area contributed by atoms with Crippen molar-refractivity contribution in [1.29, 1.82) is 0 Å². The number of carbonyl (C=O) groups is 2. The van der Waals surface area contributed by atoms with Gasteiger partial charge in [0.2, 0.25) is 0 Å². The number of ether oxygens (including phenoxy) is 6. The van der Waals surface area contributed by atoms with Crippen LogP contribution in [-0.4, -0.2) is 65.3 Å². The third kappa shape index (κ3) is 19.4. The van der Waals surface area contributed by atoms with E-state index in [4.69, 9.17) is 34.2 Å². The third-order valence-corrected chi connectivity index (χ3v) is 8.14. The molecule has 0 spiro atoms. The van der Waals surface area contributed by atoms with Crippen molar-refractivity contribution in [3.63, 3.8) is 0 Å². The molecule has 50 heavy (non-hydrogen) atoms. The second-order valence-corrected chi connectivity index (χ2v) is 13.0. The highest BCUT2D eigenvalue weighted by molar-refractivity contribution is 5.87. The van der Waals surface area contributed by atoms with Crippen LogP contribution in [0.15, 0.2) is 61.2 Å². The molecule has 0 aliphatic rings. The van der Waals surface area contributed by atoms with Gasteiger partial charge in [-0.1, -0.05) is 64.3 Å². The number of nitrogen functional groups attached to an aromatic ring is 1. The zero-order chi connectivity index (χ0) is 36.3. The Kier molecular flexibility index (Phi) is 22.1. The van der Waals surface area contributed by atoms with Gasteiger partial charge in [0.05, 0.1) is 40.1 Å². The fourth-order valence-corrected chi connectivity index (χ4v) is 5.29. The molecule has 0 aromatic heterocycles. The standard InChI is InChI=1S/C41H61NO8/c1-5-7-12-27-48-37-23-19-34(30-38(37)45-4)20-24-40(44)50-29-16-11-9-14-26-47-33-41(3,31-35-17-21-36(42)22-18-35)32-46-25-13-8-10-15-28-49-39(43)6-2/h6,17-24,30H,2,5,7-16,25-29,31-33,42H2,1,3-4H3/b24-20+. The molecule has 9 nitrogen and oxygen atoms in total. The average Bonchev–Trinajstić information content (AvgIpc) is 3.12. The van der Waals surface area contributed by atoms with Gasteiger partial charge in [-0.25, -0.2) is 9.59 Å². The number of benzene rings is 2. The molecule has 0 aliphatic carbocycles. The molecule has 0 saturated carbocycles. The summed E-state index contributed by atoms with van der Waals surface area (Å²) in [4.78, 5) is 23.3. The first kappa shape index (κ1) is 42.3. The molecule has 2 N–H and O–H groups in total. The number of carbonyl (C=O) groups excluding carboxylic acids is 2. The molecule has 0 fully saturated rings. The van der Waals surface area contributed by atoms with E-state index in [2.05, 4.69) is 32.6 Å². The summed E-state index contributed by atoms with van der Waals surface area (Å²) in [5, 5.41) is 0. The summed E-state index contributed by atoms with van der Waals surface area (Å²) in [6.45, 7) is 11.8. The van der Waals surface area contributed by atoms with Crippen molar-refractivity contribution in [2.45, 2.75) is 90.9 Å². The minimum absolute atomic E-state index is 0.175. The van der Waals surface area contributed by atoms with Gasteiger partial charge in [0.15, 0.2) is 11.5 Å². The van der Waals surface area contributed by atoms with Gasteiger partial charge < -0.3 is 34.2 Å². The minimum Gasteiger partial charge on any atom is -0.493 e. The second kappa shape index (κ2) is 26.1. The maximum absolute atomic E-state index is 12.2. The summed E-state index contributed by atoms with van der Waals surface area (Å²) in [5.74, 6) is 0.617. The molecule has 2 rings (SSSR count). The molecular weight excluding hydrogens is 634 g/mol. The minimum atomic E-state index is -0.373. The Morgan fingerprint density at radius 2 is 1.32 bits per heavy atom. The third-order valence-electron chi connectivity index (χ3n) is 8.14. The van der Waals surface area contributed by atoms with E-state index in [1.54, 1.807) is 13.2 Å². The maximum Gasteiger partial charge on any atom is 0.330 e. The molecule has 0 amide bonds. The Morgan fingerprint density at radius 3 is 1.90 bits per heavy atom. The highest BCUT2D eigenvalue weighted by Gasteiger charge is 2.26. The van der Waals surface area contributed by atoms with E-state index in [0.29, 0.717) is 57.7 Å². The SMILES string of the molecule is C=CC(=O)OCCCCCCOCC(C)(COCCCCCCOC(=O)/C=C/c1ccc(OCCCCC)c(OC)c1)Cc1ccc(N)cc1. The van der Waals surface area contributed by atoms with E-state index in [0.717, 1.165) is 88.3 Å². The molecular formula is C41H61NO8. The quantitative estimate of drug-likeness (QED) is 0.0387. The number of esters is 2. The van der Waals surface area contributed by atoms with Crippen LogP contribution in [0.4, 0.5) is 5.69 Å². The normalized spacial score (nSPS) is 12.4. The summed E-state index contributed by atoms with van der Waals surface area (Å²) in [5.41, 5.74) is 8.51. The lowest BCUT2D eigenvalue weighted by atomic mass is 9.85. The van der Waals surface area contributed by atoms with Crippen molar-refractivity contribution in [3.8, 4) is 11.5 Å². The van der Waals surface area contributed by atoms with Gasteiger partial charge in [0, 0.05) is 36.5 Å². The van der Waals surface area contributed by atoms with Crippen LogP contribution >= 0.6 is 0 Å². The first-order valence-electron chi connectivity index (χ1n) is 18.2. The van der Waals surface area contributed by atoms with Crippen LogP contribution in [0.2, 0.25) is 0 Å². The predicted octanol–water partition coefficient (Wildman–Crippen LogP) is 8.54. The highest BCUT2D eigenvalue weighted by atomic mass is 16.5. The number of anilines is 1. The Hall–Kier alpha value is -3.82. The summed E-state index contributed by atoms with van der Waals surface area (Å²) in [7, 11) is 1.61. The van der Waals surface area contributed by atoms with Gasteiger partial charge in [-0.2, -0.15) is 0 Å². The zero-order valence-electron chi connectivity index (χ0n) is 30.8. The first-order valence-corrected chi connectivity index (χ1v) is 18.2. The number of methoxy groups -OCH3 is 1. The van der Waals surface area contributed by atoms with Crippen LogP contribution < -0.4 is 15.2 Å². The number of rotatable bonds is 29. The molecule has 2 aromatic rings. The van der Waals surface area contributed by atoms with Crippen molar-refractivity contribution in [2.24, 2.45) is 5.41 Å². The number of nitrogens with two attached hydrogens (primary N) is 1. The van der Waals surface area contributed by atoms with Gasteiger partial charge in [0.25, 0.3) is 0 Å². The first-order chi connectivity index (χ1) is 24.3. The van der Waals surface area contributed by atoms with Gasteiger partial charge in [-0.05, 0) is 92.8 Å². The zero-order valence-corrected chi connectivity index (χ0v) is 30.8. The lowest BCUT2D eigenvalue weighted by Gasteiger charge is -2.29. The van der Waals surface area contributed by atoms with Crippen LogP contribution in [0.25, 0.3) is 6.08 Å². The smallest absolute Gasteiger partial charge is 0.330 e. The lowest BCUT2D eigenvalue weighted by molar-refractivity contribution is -0.138. The van der Waals surface area contributed by atoms with E-state index in [1.807, 2.05) is 30.3 Å². The molecule has 1 atom stereocenters. The van der Waals surface area contributed by atoms with Gasteiger partial charge >= 0.3 is 11.9 Å². The Balaban J connectivity index is 1.63. The molecule has 0 saturated heterocycles. The molecule has 1 unspecified atom stereocenters. The fraction of sp³-hybridized carbons (Fsp3) is 0.561. The number of hydrogen-bond acceptors (Lipinski definition) is 9. The summed E-state index contributed by atoms with van der Waals surface area (Å²) < 4.78 is 34.0. The van der Waals surface area contributed by atoms with Crippen LogP contribution in [0, 0.1) is 5.41 Å². The Labute approximate surface area is 300 Å². The van der Waals surface area contributed by atoms with Gasteiger partial charge in [-0.3, -0.25) is 0 Å². The summed E-state index contributed by atoms with van der Waals surface area (Å²) in [6, 6.07) is 13.6. The fourth-order valence-electron chi connectivity index (χ4n) is 5.29. The molecule has 0 heterocycles. The Morgan fingerprint density at radius 1 is 0.740 bits per heavy atom. The monoisotopic (exact) mass is 695 g/mol. The van der Waals surface area contributed by atoms with Crippen LogP contribution in [0.1, 0.15) is 95.6 Å². The number of hydrogen-bond donors (Lipinski definition) is 1. The molecule has 0 bridgehead atoms. The molecule has 9 heteroatoms. The van der Waals surface area contributed by atoms with E-state index >= 15 is 0 Å². The molecule has 278 valence electrons. The van der Waals surface area contributed by atoms with Crippen molar-refractivity contribution >= 4 is 23.7 Å². The van der Waals surface area contributed by atoms with Crippen molar-refractivity contribution < 1.29 is 38.0 Å².